The van der Waals surface area contributed by atoms with Gasteiger partial charge in [-0.15, -0.1) is 0 Å². The molecular formula is C64H54N4+2. The van der Waals surface area contributed by atoms with Crippen molar-refractivity contribution < 1.29 is 9.13 Å². The number of aryl methyl sites for hydroxylation is 2. The summed E-state index contributed by atoms with van der Waals surface area (Å²) in [6, 6.07) is 72.1. The van der Waals surface area contributed by atoms with Gasteiger partial charge in [-0.25, -0.2) is 9.13 Å². The summed E-state index contributed by atoms with van der Waals surface area (Å²) in [5.74, 6) is 0. The van der Waals surface area contributed by atoms with Crippen molar-refractivity contribution in [1.29, 1.82) is 0 Å². The number of anilines is 6. The number of hydrogen-bond acceptors (Lipinski definition) is 2. The van der Waals surface area contributed by atoms with Crippen LogP contribution in [-0.2, 0) is 24.9 Å². The van der Waals surface area contributed by atoms with E-state index in [1.165, 1.54) is 83.2 Å². The first-order chi connectivity index (χ1) is 33.0. The number of fused-ring (bicyclic) bond motifs is 8. The smallest absolute Gasteiger partial charge is 0.169 e. The Morgan fingerprint density at radius 2 is 0.735 bits per heavy atom. The van der Waals surface area contributed by atoms with Gasteiger partial charge in [0.25, 0.3) is 0 Å². The minimum absolute atomic E-state index is 0.242. The van der Waals surface area contributed by atoms with E-state index in [9.17, 15) is 0 Å². The molecule has 0 spiro atoms. The maximum absolute atomic E-state index is 2.55. The molecule has 8 aromatic carbocycles. The highest BCUT2D eigenvalue weighted by atomic mass is 15.1. The summed E-state index contributed by atoms with van der Waals surface area (Å²) < 4.78 is 4.15. The third-order valence-corrected chi connectivity index (χ3v) is 14.8. The topological polar surface area (TPSA) is 14.2 Å². The normalized spacial score (nSPS) is 13.7. The van der Waals surface area contributed by atoms with E-state index in [4.69, 9.17) is 0 Å². The molecule has 0 aliphatic heterocycles. The fourth-order valence-electron chi connectivity index (χ4n) is 11.1. The lowest BCUT2D eigenvalue weighted by molar-refractivity contribution is -0.671. The molecule has 2 aliphatic rings. The summed E-state index contributed by atoms with van der Waals surface area (Å²) in [5.41, 5.74) is 22.0. The Morgan fingerprint density at radius 3 is 1.28 bits per heavy atom. The van der Waals surface area contributed by atoms with Crippen molar-refractivity contribution in [3.05, 3.63) is 241 Å². The van der Waals surface area contributed by atoms with Crippen LogP contribution in [0, 0.1) is 0 Å². The van der Waals surface area contributed by atoms with Gasteiger partial charge < -0.3 is 9.80 Å². The second kappa shape index (κ2) is 15.8. The summed E-state index contributed by atoms with van der Waals surface area (Å²) in [5, 5.41) is 2.53. The lowest BCUT2D eigenvalue weighted by atomic mass is 9.79. The minimum atomic E-state index is -0.248. The number of rotatable bonds is 8. The Balaban J connectivity index is 0.974. The molecule has 10 aromatic rings. The van der Waals surface area contributed by atoms with E-state index in [0.717, 1.165) is 28.4 Å². The van der Waals surface area contributed by atoms with Crippen molar-refractivity contribution in [2.24, 2.45) is 14.1 Å². The lowest BCUT2D eigenvalue weighted by Gasteiger charge is -2.29. The molecule has 328 valence electrons. The van der Waals surface area contributed by atoms with Gasteiger partial charge in [0.15, 0.2) is 24.8 Å². The minimum Gasteiger partial charge on any atom is -0.310 e. The first kappa shape index (κ1) is 41.4. The van der Waals surface area contributed by atoms with Crippen LogP contribution in [0.2, 0.25) is 0 Å². The van der Waals surface area contributed by atoms with E-state index in [1.807, 2.05) is 0 Å². The van der Waals surface area contributed by atoms with E-state index in [2.05, 4.69) is 280 Å². The van der Waals surface area contributed by atoms with Crippen molar-refractivity contribution in [2.45, 2.75) is 38.5 Å². The average Bonchev–Trinajstić information content (AvgIpc) is 3.73. The van der Waals surface area contributed by atoms with Crippen LogP contribution >= 0.6 is 0 Å². The third kappa shape index (κ3) is 6.66. The average molecular weight is 879 g/mol. The fraction of sp³-hybridized carbons (Fsp3) is 0.125. The first-order valence-corrected chi connectivity index (χ1v) is 23.8. The van der Waals surface area contributed by atoms with Crippen molar-refractivity contribution in [1.82, 2.24) is 0 Å². The molecule has 0 N–H and O–H groups in total. The van der Waals surface area contributed by atoms with E-state index in [0.29, 0.717) is 0 Å². The van der Waals surface area contributed by atoms with Crippen LogP contribution in [-0.4, -0.2) is 0 Å². The number of nitrogens with zero attached hydrogens (tertiary/aromatic N) is 4. The van der Waals surface area contributed by atoms with Crippen LogP contribution in [0.4, 0.5) is 34.1 Å². The van der Waals surface area contributed by atoms with Gasteiger partial charge in [0.05, 0.1) is 5.69 Å². The molecule has 0 atom stereocenters. The lowest BCUT2D eigenvalue weighted by Crippen LogP contribution is -2.25. The van der Waals surface area contributed by atoms with Gasteiger partial charge in [-0.05, 0) is 151 Å². The van der Waals surface area contributed by atoms with E-state index in [-0.39, 0.29) is 10.8 Å². The van der Waals surface area contributed by atoms with Gasteiger partial charge in [-0.3, -0.25) is 0 Å². The Bertz CT molecular complexity index is 3410. The van der Waals surface area contributed by atoms with Crippen molar-refractivity contribution in [3.8, 4) is 44.5 Å². The predicted molar refractivity (Wildman–Crippen MR) is 282 cm³/mol. The van der Waals surface area contributed by atoms with Crippen LogP contribution < -0.4 is 18.9 Å². The van der Waals surface area contributed by atoms with Gasteiger partial charge in [0, 0.05) is 68.9 Å². The van der Waals surface area contributed by atoms with Gasteiger partial charge in [0.1, 0.15) is 14.1 Å². The van der Waals surface area contributed by atoms with Crippen LogP contribution in [0.3, 0.4) is 0 Å². The Hall–Kier alpha value is -8.08. The monoisotopic (exact) mass is 878 g/mol. The molecule has 2 aliphatic carbocycles. The van der Waals surface area contributed by atoms with Gasteiger partial charge in [0.2, 0.25) is 0 Å². The predicted octanol–water partition coefficient (Wildman–Crippen LogP) is 15.4. The number of hydrogen-bond donors (Lipinski definition) is 0. The maximum atomic E-state index is 2.55. The summed E-state index contributed by atoms with van der Waals surface area (Å²) in [6.07, 6.45) is 8.42. The highest BCUT2D eigenvalue weighted by Gasteiger charge is 2.43. The van der Waals surface area contributed by atoms with Crippen LogP contribution in [0.5, 0.6) is 0 Å². The largest absolute Gasteiger partial charge is 0.310 e. The molecule has 12 rings (SSSR count). The Morgan fingerprint density at radius 1 is 0.324 bits per heavy atom. The standard InChI is InChI=1S/C64H54N4/c1-63(2)57-39-51(67(49-25-21-43(22-26-49)45-31-35-65(5)36-32-45)50-27-23-44(24-28-50)46-33-37-66(6)38-34-46)29-30-52(57)55-40-59-56(41-58(55)63)62-54-20-14-13-19-53(54)61(42-60(62)64(59,3)4)68(47-15-9-7-10-16-47)48-17-11-8-12-18-48/h7-42H,1-6H3/q+2. The van der Waals surface area contributed by atoms with Crippen molar-refractivity contribution in [2.75, 3.05) is 9.80 Å². The van der Waals surface area contributed by atoms with E-state index >= 15 is 0 Å². The second-order valence-electron chi connectivity index (χ2n) is 19.7. The Labute approximate surface area is 400 Å². The molecule has 0 radical (unpaired) electrons. The number of aromatic nitrogens is 2. The molecule has 0 unspecified atom stereocenters. The first-order valence-electron chi connectivity index (χ1n) is 23.8. The third-order valence-electron chi connectivity index (χ3n) is 14.8. The Kier molecular flexibility index (Phi) is 9.60. The molecule has 0 bridgehead atoms. The summed E-state index contributed by atoms with van der Waals surface area (Å²) in [4.78, 5) is 4.84. The SMILES string of the molecule is C[n+]1ccc(-c2ccc(N(c3ccc(-c4cc[n+](C)cc4)cc3)c3ccc4c(c3)C(C)(C)c3cc5c(cc3-4)C(C)(C)c3cc(N(c4ccccc4)c4ccccc4)c4ccccc4c3-5)cc2)cc1. The molecule has 0 saturated heterocycles. The summed E-state index contributed by atoms with van der Waals surface area (Å²) in [7, 11) is 4.11. The van der Waals surface area contributed by atoms with E-state index < -0.39 is 0 Å². The zero-order chi connectivity index (χ0) is 46.3. The van der Waals surface area contributed by atoms with Crippen LogP contribution in [0.15, 0.2) is 219 Å². The van der Waals surface area contributed by atoms with Crippen LogP contribution in [0.25, 0.3) is 55.3 Å². The molecule has 2 heterocycles. The molecule has 4 heteroatoms. The zero-order valence-electron chi connectivity index (χ0n) is 39.6. The molecule has 0 saturated carbocycles. The highest BCUT2D eigenvalue weighted by molar-refractivity contribution is 6.10. The van der Waals surface area contributed by atoms with Crippen molar-refractivity contribution >= 4 is 44.9 Å². The molecule has 0 amide bonds. The van der Waals surface area contributed by atoms with Gasteiger partial charge in [-0.1, -0.05) is 119 Å². The number of pyridine rings is 2. The van der Waals surface area contributed by atoms with Crippen LogP contribution in [0.1, 0.15) is 49.9 Å². The number of benzene rings is 8. The molecular weight excluding hydrogens is 825 g/mol. The summed E-state index contributed by atoms with van der Waals surface area (Å²) >= 11 is 0. The highest BCUT2D eigenvalue weighted by Crippen LogP contribution is 2.59. The molecule has 4 nitrogen and oxygen atoms in total. The molecule has 0 fully saturated rings. The van der Waals surface area contributed by atoms with Crippen molar-refractivity contribution in [3.63, 3.8) is 0 Å². The molecule has 68 heavy (non-hydrogen) atoms. The fourth-order valence-corrected chi connectivity index (χ4v) is 11.1. The second-order valence-corrected chi connectivity index (χ2v) is 19.7. The maximum Gasteiger partial charge on any atom is 0.169 e. The summed E-state index contributed by atoms with van der Waals surface area (Å²) in [6.45, 7) is 9.68. The van der Waals surface area contributed by atoms with Gasteiger partial charge in [-0.2, -0.15) is 0 Å². The quantitative estimate of drug-likeness (QED) is 0.141. The zero-order valence-corrected chi connectivity index (χ0v) is 39.6. The van der Waals surface area contributed by atoms with E-state index in [1.54, 1.807) is 0 Å². The number of para-hydroxylation sites is 2. The molecule has 2 aromatic heterocycles. The van der Waals surface area contributed by atoms with Gasteiger partial charge >= 0.3 is 0 Å².